The van der Waals surface area contributed by atoms with Crippen LogP contribution in [0.2, 0.25) is 0 Å². The number of piperidine rings is 1. The first-order valence-corrected chi connectivity index (χ1v) is 8.53. The highest BCUT2D eigenvalue weighted by atomic mass is 16.4. The molecule has 23 heavy (non-hydrogen) atoms. The summed E-state index contributed by atoms with van der Waals surface area (Å²) >= 11 is 0. The molecule has 7 nitrogen and oxygen atoms in total. The van der Waals surface area contributed by atoms with Crippen molar-refractivity contribution in [3.05, 3.63) is 0 Å². The van der Waals surface area contributed by atoms with Crippen molar-refractivity contribution < 1.29 is 24.8 Å². The molecule has 7 heteroatoms. The molecule has 0 aromatic carbocycles. The van der Waals surface area contributed by atoms with Crippen LogP contribution < -0.4 is 15.7 Å². The van der Waals surface area contributed by atoms with Crippen molar-refractivity contribution in [2.75, 3.05) is 19.6 Å². The maximum absolute atomic E-state index is 12.3. The number of carboxylic acids is 1. The Hall–Kier alpha value is -1.63. The summed E-state index contributed by atoms with van der Waals surface area (Å²) in [6.07, 6.45) is 3.18. The Morgan fingerprint density at radius 1 is 1.17 bits per heavy atom. The van der Waals surface area contributed by atoms with Gasteiger partial charge in [-0.25, -0.2) is 0 Å². The Balaban J connectivity index is 1.82. The maximum atomic E-state index is 12.3. The first kappa shape index (κ1) is 17.7. The van der Waals surface area contributed by atoms with Crippen molar-refractivity contribution >= 4 is 17.8 Å². The summed E-state index contributed by atoms with van der Waals surface area (Å²) in [5.74, 6) is -1.77. The van der Waals surface area contributed by atoms with E-state index in [2.05, 4.69) is 10.6 Å². The van der Waals surface area contributed by atoms with Crippen molar-refractivity contribution in [1.29, 1.82) is 0 Å². The van der Waals surface area contributed by atoms with Crippen molar-refractivity contribution in [2.45, 2.75) is 51.6 Å². The Bertz CT molecular complexity index is 452. The third-order valence-electron chi connectivity index (χ3n) is 4.88. The van der Waals surface area contributed by atoms with Crippen LogP contribution in [0.15, 0.2) is 0 Å². The molecule has 2 fully saturated rings. The third-order valence-corrected chi connectivity index (χ3v) is 4.88. The van der Waals surface area contributed by atoms with E-state index in [1.165, 1.54) is 0 Å². The minimum atomic E-state index is -1.25. The Morgan fingerprint density at radius 2 is 1.83 bits per heavy atom. The highest BCUT2D eigenvalue weighted by molar-refractivity contribution is 5.85. The number of carbonyl (C=O) groups is 3. The molecule has 0 aliphatic carbocycles. The lowest BCUT2D eigenvalue weighted by Crippen LogP contribution is -2.89. The molecule has 2 aliphatic rings. The second-order valence-electron chi connectivity index (χ2n) is 6.92. The lowest BCUT2D eigenvalue weighted by molar-refractivity contribution is -0.658. The summed E-state index contributed by atoms with van der Waals surface area (Å²) in [4.78, 5) is 37.5. The van der Waals surface area contributed by atoms with Crippen LogP contribution >= 0.6 is 0 Å². The zero-order valence-electron chi connectivity index (χ0n) is 13.9. The van der Waals surface area contributed by atoms with E-state index in [1.54, 1.807) is 13.8 Å². The van der Waals surface area contributed by atoms with Gasteiger partial charge in [0.15, 0.2) is 6.04 Å². The van der Waals surface area contributed by atoms with Gasteiger partial charge >= 0.3 is 0 Å². The largest absolute Gasteiger partial charge is 0.548 e. The molecule has 2 amide bonds. The first-order chi connectivity index (χ1) is 10.9. The molecule has 0 aromatic heterocycles. The molecule has 2 atom stereocenters. The lowest BCUT2D eigenvalue weighted by atomic mass is 9.94. The van der Waals surface area contributed by atoms with Crippen LogP contribution in [-0.2, 0) is 14.4 Å². The number of nitrogens with zero attached hydrogens (tertiary/aromatic N) is 1. The summed E-state index contributed by atoms with van der Waals surface area (Å²) in [5.41, 5.74) is 0. The second kappa shape index (κ2) is 7.77. The molecule has 0 saturated carbocycles. The number of amides is 2. The fourth-order valence-corrected chi connectivity index (χ4v) is 3.36. The smallest absolute Gasteiger partial charge is 0.280 e. The molecule has 0 spiro atoms. The van der Waals surface area contributed by atoms with Crippen molar-refractivity contribution in [1.82, 2.24) is 10.2 Å². The summed E-state index contributed by atoms with van der Waals surface area (Å²) < 4.78 is 0. The van der Waals surface area contributed by atoms with E-state index in [4.69, 9.17) is 0 Å². The van der Waals surface area contributed by atoms with Gasteiger partial charge in [0.05, 0.1) is 18.6 Å². The van der Waals surface area contributed by atoms with E-state index in [0.717, 1.165) is 19.4 Å². The molecule has 2 saturated heterocycles. The number of carbonyl (C=O) groups excluding carboxylic acids is 3. The maximum Gasteiger partial charge on any atom is 0.280 e. The van der Waals surface area contributed by atoms with Gasteiger partial charge in [-0.1, -0.05) is 13.8 Å². The van der Waals surface area contributed by atoms with Gasteiger partial charge in [-0.15, -0.1) is 0 Å². The van der Waals surface area contributed by atoms with Gasteiger partial charge in [-0.2, -0.15) is 0 Å². The van der Waals surface area contributed by atoms with E-state index < -0.39 is 12.0 Å². The van der Waals surface area contributed by atoms with Gasteiger partial charge in [0.2, 0.25) is 5.91 Å². The quantitative estimate of drug-likeness (QED) is 0.600. The topological polar surface area (TPSA) is 106 Å². The standard InChI is InChI=1S/C16H27N3O4/c1-10(2)13(16(22)23)18-14(20)11-5-8-19(9-6-11)15(21)12-4-3-7-17-12/h10-13,17H,3-9H2,1-2H3,(H,18,20)(H,22,23)/t12-,13+/m0/s1. The van der Waals surface area contributed by atoms with Crippen LogP contribution in [0.4, 0.5) is 0 Å². The second-order valence-corrected chi connectivity index (χ2v) is 6.92. The molecule has 2 rings (SSSR count). The van der Waals surface area contributed by atoms with E-state index in [-0.39, 0.29) is 29.7 Å². The summed E-state index contributed by atoms with van der Waals surface area (Å²) in [6, 6.07) is -0.918. The molecule has 2 aliphatic heterocycles. The normalized spacial score (nSPS) is 23.8. The molecule has 0 aromatic rings. The predicted molar refractivity (Wildman–Crippen MR) is 80.9 cm³/mol. The number of hydrogen-bond acceptors (Lipinski definition) is 4. The van der Waals surface area contributed by atoms with Gasteiger partial charge in [0.25, 0.3) is 5.91 Å². The number of nitrogens with one attached hydrogen (secondary N) is 1. The molecular weight excluding hydrogens is 298 g/mol. The zero-order chi connectivity index (χ0) is 17.0. The van der Waals surface area contributed by atoms with Crippen LogP contribution in [0.25, 0.3) is 0 Å². The molecule has 130 valence electrons. The Morgan fingerprint density at radius 3 is 2.30 bits per heavy atom. The van der Waals surface area contributed by atoms with Gasteiger partial charge in [-0.3, -0.25) is 9.59 Å². The monoisotopic (exact) mass is 325 g/mol. The minimum Gasteiger partial charge on any atom is -0.548 e. The molecule has 0 radical (unpaired) electrons. The number of hydrogen-bond donors (Lipinski definition) is 2. The Labute approximate surface area is 136 Å². The number of quaternary nitrogens is 1. The van der Waals surface area contributed by atoms with Crippen molar-refractivity contribution in [3.63, 3.8) is 0 Å². The number of likely N-dealkylation sites (tertiary alicyclic amines) is 1. The zero-order valence-corrected chi connectivity index (χ0v) is 13.9. The predicted octanol–water partition coefficient (Wildman–Crippen LogP) is -2.16. The summed E-state index contributed by atoms with van der Waals surface area (Å²) in [6.45, 7) is 5.62. The van der Waals surface area contributed by atoms with Crippen LogP contribution in [0, 0.1) is 11.8 Å². The highest BCUT2D eigenvalue weighted by Gasteiger charge is 2.34. The number of nitrogens with two attached hydrogens (primary N) is 1. The van der Waals surface area contributed by atoms with Gasteiger partial charge in [0, 0.05) is 31.8 Å². The van der Waals surface area contributed by atoms with Crippen molar-refractivity contribution in [2.24, 2.45) is 11.8 Å². The van der Waals surface area contributed by atoms with E-state index in [0.29, 0.717) is 25.9 Å². The third kappa shape index (κ3) is 4.43. The molecule has 0 bridgehead atoms. The van der Waals surface area contributed by atoms with Crippen LogP contribution in [-0.4, -0.2) is 54.4 Å². The molecule has 3 N–H and O–H groups in total. The lowest BCUT2D eigenvalue weighted by Gasteiger charge is -2.33. The number of carboxylic acid groups (broad SMARTS) is 1. The van der Waals surface area contributed by atoms with Gasteiger partial charge < -0.3 is 25.4 Å². The number of rotatable bonds is 5. The average Bonchev–Trinajstić information content (AvgIpc) is 3.05. The summed E-state index contributed by atoms with van der Waals surface area (Å²) in [5, 5.41) is 15.7. The van der Waals surface area contributed by atoms with Gasteiger partial charge in [-0.05, 0) is 18.8 Å². The number of aliphatic carboxylic acids is 1. The molecular formula is C16H27N3O4. The fraction of sp³-hybridized carbons (Fsp3) is 0.812. The fourth-order valence-electron chi connectivity index (χ4n) is 3.36. The summed E-state index contributed by atoms with van der Waals surface area (Å²) in [7, 11) is 0. The van der Waals surface area contributed by atoms with Gasteiger partial charge in [0.1, 0.15) is 0 Å². The highest BCUT2D eigenvalue weighted by Crippen LogP contribution is 2.19. The van der Waals surface area contributed by atoms with Crippen LogP contribution in [0.3, 0.4) is 0 Å². The van der Waals surface area contributed by atoms with E-state index in [9.17, 15) is 19.5 Å². The Kier molecular flexibility index (Phi) is 5.98. The van der Waals surface area contributed by atoms with Crippen molar-refractivity contribution in [3.8, 4) is 0 Å². The van der Waals surface area contributed by atoms with E-state index >= 15 is 0 Å². The minimum absolute atomic E-state index is 0.0452. The SMILES string of the molecule is CC(C)[C@@H](NC(=O)C1CCN(C(=O)[C@@H]2CCC[NH2+]2)CC1)C(=O)[O-]. The van der Waals surface area contributed by atoms with Crippen LogP contribution in [0.5, 0.6) is 0 Å². The molecule has 0 unspecified atom stereocenters. The van der Waals surface area contributed by atoms with Crippen LogP contribution in [0.1, 0.15) is 39.5 Å². The first-order valence-electron chi connectivity index (χ1n) is 8.53. The molecule has 2 heterocycles. The average molecular weight is 325 g/mol. The van der Waals surface area contributed by atoms with E-state index in [1.807, 2.05) is 4.90 Å².